The fourth-order valence-corrected chi connectivity index (χ4v) is 2.00. The number of nitrogen functional groups attached to an aromatic ring is 1. The Labute approximate surface area is 104 Å². The van der Waals surface area contributed by atoms with Crippen LogP contribution in [0.25, 0.3) is 0 Å². The average molecular weight is 252 g/mol. The summed E-state index contributed by atoms with van der Waals surface area (Å²) in [5.41, 5.74) is 5.21. The average Bonchev–Trinajstić information content (AvgIpc) is 2.58. The lowest BCUT2D eigenvalue weighted by Gasteiger charge is -2.29. The highest BCUT2D eigenvalue weighted by Gasteiger charge is 2.37. The molecule has 18 heavy (non-hydrogen) atoms. The second-order valence-electron chi connectivity index (χ2n) is 4.70. The Hall–Kier alpha value is -1.89. The third-order valence-electron chi connectivity index (χ3n) is 3.34. The second-order valence-corrected chi connectivity index (χ2v) is 4.70. The topological polar surface area (TPSA) is 103 Å². The third kappa shape index (κ3) is 2.35. The van der Waals surface area contributed by atoms with Gasteiger partial charge in [0.05, 0.1) is 28.7 Å². The highest BCUT2D eigenvalue weighted by atomic mass is 16.6. The van der Waals surface area contributed by atoms with Crippen molar-refractivity contribution in [3.8, 4) is 0 Å². The van der Waals surface area contributed by atoms with Crippen LogP contribution in [-0.2, 0) is 4.74 Å². The molecule has 2 unspecified atom stereocenters. The van der Waals surface area contributed by atoms with Crippen LogP contribution in [0.1, 0.15) is 20.3 Å². The summed E-state index contributed by atoms with van der Waals surface area (Å²) < 4.78 is 5.49. The highest BCUT2D eigenvalue weighted by molar-refractivity contribution is 5.53. The molecule has 2 rings (SSSR count). The summed E-state index contributed by atoms with van der Waals surface area (Å²) in [4.78, 5) is 14.3. The van der Waals surface area contributed by atoms with Gasteiger partial charge in [0.1, 0.15) is 11.6 Å². The fraction of sp³-hybridized carbons (Fsp3) is 0.545. The van der Waals surface area contributed by atoms with Crippen LogP contribution in [0.2, 0.25) is 0 Å². The number of aromatic nitrogens is 1. The number of hydrogen-bond donors (Lipinski definition) is 2. The Balaban J connectivity index is 2.26. The number of rotatable bonds is 3. The van der Waals surface area contributed by atoms with Gasteiger partial charge in [0.2, 0.25) is 0 Å². The Morgan fingerprint density at radius 2 is 2.39 bits per heavy atom. The number of ether oxygens (including phenoxy) is 1. The van der Waals surface area contributed by atoms with Crippen LogP contribution in [0, 0.1) is 10.1 Å². The molecule has 1 saturated heterocycles. The molecule has 1 aromatic heterocycles. The summed E-state index contributed by atoms with van der Waals surface area (Å²) in [5, 5.41) is 13.9. The van der Waals surface area contributed by atoms with E-state index in [-0.39, 0.29) is 23.1 Å². The van der Waals surface area contributed by atoms with Crippen molar-refractivity contribution in [2.75, 3.05) is 17.7 Å². The summed E-state index contributed by atoms with van der Waals surface area (Å²) >= 11 is 0. The van der Waals surface area contributed by atoms with E-state index < -0.39 is 4.92 Å². The van der Waals surface area contributed by atoms with Crippen molar-refractivity contribution < 1.29 is 9.66 Å². The van der Waals surface area contributed by atoms with E-state index in [4.69, 9.17) is 10.5 Å². The Morgan fingerprint density at radius 3 is 2.94 bits per heavy atom. The molecule has 3 N–H and O–H groups in total. The van der Waals surface area contributed by atoms with E-state index in [1.165, 1.54) is 12.1 Å². The number of hydrogen-bond acceptors (Lipinski definition) is 6. The summed E-state index contributed by atoms with van der Waals surface area (Å²) in [6, 6.07) is 2.62. The molecular weight excluding hydrogens is 236 g/mol. The predicted octanol–water partition coefficient (Wildman–Crippen LogP) is 1.55. The van der Waals surface area contributed by atoms with E-state index in [0.29, 0.717) is 12.4 Å². The molecule has 7 heteroatoms. The quantitative estimate of drug-likeness (QED) is 0.625. The van der Waals surface area contributed by atoms with Gasteiger partial charge >= 0.3 is 0 Å². The summed E-state index contributed by atoms with van der Waals surface area (Å²) in [6.45, 7) is 4.62. The van der Waals surface area contributed by atoms with Crippen LogP contribution >= 0.6 is 0 Å². The minimum absolute atomic E-state index is 0.0137. The van der Waals surface area contributed by atoms with Crippen molar-refractivity contribution >= 4 is 17.3 Å². The number of nitrogens with one attached hydrogen (secondary N) is 1. The van der Waals surface area contributed by atoms with E-state index in [2.05, 4.69) is 10.3 Å². The molecule has 2 atom stereocenters. The molecule has 0 radical (unpaired) electrons. The van der Waals surface area contributed by atoms with Gasteiger partial charge in [0.15, 0.2) is 0 Å². The lowest BCUT2D eigenvalue weighted by molar-refractivity contribution is -0.384. The summed E-state index contributed by atoms with van der Waals surface area (Å²) in [5.74, 6) is 0.531. The van der Waals surface area contributed by atoms with Gasteiger partial charge < -0.3 is 15.8 Å². The lowest BCUT2D eigenvalue weighted by atomic mass is 9.95. The molecule has 1 aromatic rings. The van der Waals surface area contributed by atoms with Gasteiger partial charge in [-0.1, -0.05) is 0 Å². The Kier molecular flexibility index (Phi) is 3.08. The first kappa shape index (κ1) is 12.6. The van der Waals surface area contributed by atoms with Crippen molar-refractivity contribution in [2.24, 2.45) is 0 Å². The number of nitro groups is 1. The van der Waals surface area contributed by atoms with Crippen LogP contribution in [0.15, 0.2) is 12.1 Å². The molecule has 0 amide bonds. The molecule has 1 fully saturated rings. The highest BCUT2D eigenvalue weighted by Crippen LogP contribution is 2.30. The smallest absolute Gasteiger partial charge is 0.276 e. The second kappa shape index (κ2) is 4.41. The Bertz CT molecular complexity index is 479. The molecule has 0 saturated carbocycles. The maximum atomic E-state index is 10.8. The van der Waals surface area contributed by atoms with Crippen LogP contribution in [0.4, 0.5) is 17.3 Å². The van der Waals surface area contributed by atoms with E-state index in [9.17, 15) is 10.1 Å². The minimum Gasteiger partial charge on any atom is -0.383 e. The normalized spacial score (nSPS) is 27.1. The van der Waals surface area contributed by atoms with Gasteiger partial charge in [-0.05, 0) is 20.3 Å². The zero-order valence-electron chi connectivity index (χ0n) is 10.3. The first-order valence-electron chi connectivity index (χ1n) is 5.72. The zero-order valence-corrected chi connectivity index (χ0v) is 10.3. The summed E-state index contributed by atoms with van der Waals surface area (Å²) in [6.07, 6.45) is 0.832. The van der Waals surface area contributed by atoms with E-state index in [0.717, 1.165) is 6.42 Å². The molecule has 1 aliphatic heterocycles. The van der Waals surface area contributed by atoms with Crippen LogP contribution < -0.4 is 11.1 Å². The predicted molar refractivity (Wildman–Crippen MR) is 67.4 cm³/mol. The van der Waals surface area contributed by atoms with Crippen LogP contribution in [0.5, 0.6) is 0 Å². The van der Waals surface area contributed by atoms with Gasteiger partial charge in [-0.3, -0.25) is 10.1 Å². The van der Waals surface area contributed by atoms with Crippen LogP contribution in [0.3, 0.4) is 0 Å². The molecule has 7 nitrogen and oxygen atoms in total. The Morgan fingerprint density at radius 1 is 1.67 bits per heavy atom. The SMILES string of the molecule is CC1OCCC1(C)Nc1cc([N+](=O)[O-])cc(N)n1. The van der Waals surface area contributed by atoms with E-state index in [1.807, 2.05) is 13.8 Å². The zero-order chi connectivity index (χ0) is 13.3. The molecule has 1 aliphatic rings. The minimum atomic E-state index is -0.486. The van der Waals surface area contributed by atoms with Crippen LogP contribution in [-0.4, -0.2) is 28.2 Å². The molecule has 0 spiro atoms. The molecule has 98 valence electrons. The maximum absolute atomic E-state index is 10.8. The van der Waals surface area contributed by atoms with Gasteiger partial charge in [-0.2, -0.15) is 0 Å². The van der Waals surface area contributed by atoms with Crippen molar-refractivity contribution in [3.05, 3.63) is 22.2 Å². The number of pyridine rings is 1. The van der Waals surface area contributed by atoms with Crippen molar-refractivity contribution in [1.82, 2.24) is 4.98 Å². The molecular formula is C11H16N4O3. The van der Waals surface area contributed by atoms with Crippen molar-refractivity contribution in [1.29, 1.82) is 0 Å². The molecule has 2 heterocycles. The fourth-order valence-electron chi connectivity index (χ4n) is 2.00. The first-order chi connectivity index (χ1) is 8.40. The molecule has 0 aromatic carbocycles. The van der Waals surface area contributed by atoms with E-state index in [1.54, 1.807) is 0 Å². The standard InChI is InChI=1S/C11H16N4O3/c1-7-11(2,3-4-18-7)14-10-6-8(15(16)17)5-9(12)13-10/h5-7H,3-4H2,1-2H3,(H3,12,13,14). The molecule has 0 aliphatic carbocycles. The maximum Gasteiger partial charge on any atom is 0.276 e. The van der Waals surface area contributed by atoms with Gasteiger partial charge in [0, 0.05) is 6.61 Å². The van der Waals surface area contributed by atoms with Gasteiger partial charge in [0.25, 0.3) is 5.69 Å². The lowest BCUT2D eigenvalue weighted by Crippen LogP contribution is -2.41. The number of anilines is 2. The molecule has 0 bridgehead atoms. The number of nitrogens with two attached hydrogens (primary N) is 1. The monoisotopic (exact) mass is 252 g/mol. The third-order valence-corrected chi connectivity index (χ3v) is 3.34. The van der Waals surface area contributed by atoms with Gasteiger partial charge in [-0.15, -0.1) is 0 Å². The largest absolute Gasteiger partial charge is 0.383 e. The van der Waals surface area contributed by atoms with Crippen molar-refractivity contribution in [3.63, 3.8) is 0 Å². The van der Waals surface area contributed by atoms with Gasteiger partial charge in [-0.25, -0.2) is 4.98 Å². The first-order valence-corrected chi connectivity index (χ1v) is 5.72. The number of nitrogens with zero attached hydrogens (tertiary/aromatic N) is 2. The summed E-state index contributed by atoms with van der Waals surface area (Å²) in [7, 11) is 0. The van der Waals surface area contributed by atoms with Crippen molar-refractivity contribution in [2.45, 2.75) is 31.9 Å². The van der Waals surface area contributed by atoms with E-state index >= 15 is 0 Å².